The van der Waals surface area contributed by atoms with Gasteiger partial charge in [-0.05, 0) is 52.9 Å². The Kier molecular flexibility index (Phi) is 6.25. The van der Waals surface area contributed by atoms with Gasteiger partial charge >= 0.3 is 18.0 Å². The van der Waals surface area contributed by atoms with E-state index in [9.17, 15) is 14.4 Å². The Hall–Kier alpha value is -3.23. The maximum absolute atomic E-state index is 13.6. The zero-order valence-corrected chi connectivity index (χ0v) is 18.4. The first-order valence-electron chi connectivity index (χ1n) is 10.8. The molecule has 0 aromatic heterocycles. The molecule has 1 atom stereocenters. The molecule has 1 saturated heterocycles. The Morgan fingerprint density at radius 3 is 2.62 bits per heavy atom. The molecule has 32 heavy (non-hydrogen) atoms. The maximum atomic E-state index is 13.6. The molecule has 0 aliphatic carbocycles. The molecule has 1 unspecified atom stereocenters. The predicted octanol–water partition coefficient (Wildman–Crippen LogP) is 2.86. The summed E-state index contributed by atoms with van der Waals surface area (Å²) in [6.45, 7) is 3.82. The van der Waals surface area contributed by atoms with Gasteiger partial charge in [-0.2, -0.15) is 0 Å². The van der Waals surface area contributed by atoms with Crippen LogP contribution in [0.1, 0.15) is 30.0 Å². The van der Waals surface area contributed by atoms with Crippen molar-refractivity contribution in [2.75, 3.05) is 31.6 Å². The number of ether oxygens (including phenoxy) is 1. The van der Waals surface area contributed by atoms with Crippen LogP contribution in [0.5, 0.6) is 0 Å². The van der Waals surface area contributed by atoms with Crippen LogP contribution in [0.25, 0.3) is 0 Å². The lowest BCUT2D eigenvalue weighted by atomic mass is 10.0. The molecule has 8 heteroatoms. The van der Waals surface area contributed by atoms with Crippen molar-refractivity contribution < 1.29 is 24.0 Å². The van der Waals surface area contributed by atoms with Crippen molar-refractivity contribution in [2.24, 2.45) is 0 Å². The second kappa shape index (κ2) is 9.10. The lowest BCUT2D eigenvalue weighted by Crippen LogP contribution is -2.53. The number of anilines is 1. The summed E-state index contributed by atoms with van der Waals surface area (Å²) < 4.78 is 4.18. The van der Waals surface area contributed by atoms with E-state index < -0.39 is 10.6 Å². The van der Waals surface area contributed by atoms with E-state index in [4.69, 9.17) is 4.84 Å². The number of quaternary nitrogens is 1. The van der Waals surface area contributed by atoms with E-state index in [0.29, 0.717) is 25.2 Å². The summed E-state index contributed by atoms with van der Waals surface area (Å²) in [5.74, 6) is -0.796. The molecule has 1 N–H and O–H groups in total. The molecule has 2 aromatic rings. The third-order valence-electron chi connectivity index (χ3n) is 6.05. The highest BCUT2D eigenvalue weighted by Crippen LogP contribution is 2.34. The number of nitrogens with one attached hydrogen (secondary N) is 1. The van der Waals surface area contributed by atoms with Gasteiger partial charge in [0.1, 0.15) is 0 Å². The molecule has 1 fully saturated rings. The minimum atomic E-state index is -0.522. The van der Waals surface area contributed by atoms with E-state index in [0.717, 1.165) is 30.8 Å². The fraction of sp³-hybridized carbons (Fsp3) is 0.375. The number of hydrogen-bond donors (Lipinski definition) is 1. The van der Waals surface area contributed by atoms with Crippen LogP contribution in [-0.2, 0) is 38.5 Å². The number of hydrogen-bond acceptors (Lipinski definition) is 6. The number of methoxy groups -OCH3 is 1. The largest absolute Gasteiger partial charge is 0.471 e. The van der Waals surface area contributed by atoms with E-state index in [1.165, 1.54) is 25.2 Å². The van der Waals surface area contributed by atoms with Gasteiger partial charge in [-0.1, -0.05) is 18.2 Å². The van der Waals surface area contributed by atoms with Crippen LogP contribution < -0.4 is 14.9 Å². The van der Waals surface area contributed by atoms with Crippen molar-refractivity contribution in [1.82, 2.24) is 9.96 Å². The zero-order chi connectivity index (χ0) is 22.7. The lowest BCUT2D eigenvalue weighted by Gasteiger charge is -2.27. The molecular weight excluding hydrogens is 410 g/mol. The van der Waals surface area contributed by atoms with Gasteiger partial charge in [0.2, 0.25) is 0 Å². The van der Waals surface area contributed by atoms with Crippen molar-refractivity contribution in [3.8, 4) is 0 Å². The normalized spacial score (nSPS) is 20.1. The number of benzene rings is 2. The molecule has 0 spiro atoms. The first-order chi connectivity index (χ1) is 15.4. The van der Waals surface area contributed by atoms with Gasteiger partial charge in [-0.3, -0.25) is 14.5 Å². The van der Waals surface area contributed by atoms with Gasteiger partial charge < -0.3 is 10.1 Å². The van der Waals surface area contributed by atoms with E-state index in [-0.39, 0.29) is 18.4 Å². The summed E-state index contributed by atoms with van der Waals surface area (Å²) in [7, 11) is 1.36. The molecular formula is C24H28N3O5+. The number of rotatable bonds is 6. The molecule has 2 aliphatic heterocycles. The monoisotopic (exact) mass is 438 g/mol. The summed E-state index contributed by atoms with van der Waals surface area (Å²) in [4.78, 5) is 44.3. The third kappa shape index (κ3) is 4.24. The number of fused-ring (bicyclic) bond motifs is 1. The summed E-state index contributed by atoms with van der Waals surface area (Å²) in [6.07, 6.45) is 1.73. The molecule has 2 heterocycles. The Balaban J connectivity index is 1.60. The second-order valence-corrected chi connectivity index (χ2v) is 8.10. The highest BCUT2D eigenvalue weighted by atomic mass is 16.8. The van der Waals surface area contributed by atoms with E-state index >= 15 is 0 Å². The molecule has 0 radical (unpaired) electrons. The topological polar surface area (TPSA) is 84.9 Å². The van der Waals surface area contributed by atoms with Crippen molar-refractivity contribution >= 4 is 29.3 Å². The minimum Gasteiger partial charge on any atom is -0.469 e. The number of carbonyl (C=O) groups is 3. The van der Waals surface area contributed by atoms with Crippen LogP contribution in [-0.4, -0.2) is 44.7 Å². The van der Waals surface area contributed by atoms with Gasteiger partial charge in [0.05, 0.1) is 13.7 Å². The molecule has 4 rings (SSSR count). The Bertz CT molecular complexity index is 1040. The molecule has 8 nitrogen and oxygen atoms in total. The van der Waals surface area contributed by atoms with Crippen molar-refractivity contribution in [3.05, 3.63) is 59.2 Å². The second-order valence-electron chi connectivity index (χ2n) is 8.10. The van der Waals surface area contributed by atoms with Crippen molar-refractivity contribution in [2.45, 2.75) is 32.7 Å². The number of carbonyl (C=O) groups excluding carboxylic acids is 3. The van der Waals surface area contributed by atoms with Crippen LogP contribution in [0.4, 0.5) is 16.2 Å². The standard InChI is InChI=1S/C24H28N3O5/c1-17(28)32-27(22-8-3-18(4-9-22)5-10-23(29)31-2)14-13-26(24(27)30)21-7-6-20-16-25-12-11-19(20)15-21/h3-4,6-9,15,25H,5,10-14,16H2,1-2H3/q+1. The Morgan fingerprint density at radius 1 is 1.12 bits per heavy atom. The zero-order valence-electron chi connectivity index (χ0n) is 18.4. The van der Waals surface area contributed by atoms with Crippen molar-refractivity contribution in [1.29, 1.82) is 0 Å². The molecule has 0 saturated carbocycles. The first kappa shape index (κ1) is 22.0. The average molecular weight is 439 g/mol. The fourth-order valence-electron chi connectivity index (χ4n) is 4.35. The molecule has 2 amide bonds. The van der Waals surface area contributed by atoms with Gasteiger partial charge in [0.15, 0.2) is 12.2 Å². The first-order valence-corrected chi connectivity index (χ1v) is 10.8. The summed E-state index contributed by atoms with van der Waals surface area (Å²) in [5, 5.41) is 3.35. The van der Waals surface area contributed by atoms with Crippen LogP contribution in [0, 0.1) is 0 Å². The smallest absolute Gasteiger partial charge is 0.469 e. The van der Waals surface area contributed by atoms with Gasteiger partial charge in [0.25, 0.3) is 0 Å². The van der Waals surface area contributed by atoms with E-state index in [2.05, 4.69) is 22.2 Å². The number of urea groups is 1. The van der Waals surface area contributed by atoms with Gasteiger partial charge in [0, 0.05) is 37.7 Å². The summed E-state index contributed by atoms with van der Waals surface area (Å²) in [5.41, 5.74) is 4.82. The number of aryl methyl sites for hydroxylation is 1. The SMILES string of the molecule is COC(=O)CCc1ccc([N+]2(OC(C)=O)CCN(c3ccc4c(c3)CCNC4)C2=O)cc1. The molecule has 2 aromatic carbocycles. The van der Waals surface area contributed by atoms with E-state index in [1.807, 2.05) is 18.2 Å². The van der Waals surface area contributed by atoms with Crippen LogP contribution in [0.3, 0.4) is 0 Å². The molecule has 0 bridgehead atoms. The van der Waals surface area contributed by atoms with Crippen LogP contribution in [0.2, 0.25) is 0 Å². The fourth-order valence-corrected chi connectivity index (χ4v) is 4.35. The quantitative estimate of drug-likeness (QED) is 0.552. The van der Waals surface area contributed by atoms with Crippen LogP contribution in [0.15, 0.2) is 42.5 Å². The average Bonchev–Trinajstić information content (AvgIpc) is 3.13. The molecule has 168 valence electrons. The van der Waals surface area contributed by atoms with Gasteiger partial charge in [-0.25, -0.2) is 9.59 Å². The van der Waals surface area contributed by atoms with Crippen molar-refractivity contribution in [3.63, 3.8) is 0 Å². The third-order valence-corrected chi connectivity index (χ3v) is 6.05. The Labute approximate surface area is 187 Å². The highest BCUT2D eigenvalue weighted by Gasteiger charge is 2.54. The Morgan fingerprint density at radius 2 is 1.91 bits per heavy atom. The number of amides is 2. The molecule has 2 aliphatic rings. The van der Waals surface area contributed by atoms with Gasteiger partial charge in [-0.15, -0.1) is 0 Å². The summed E-state index contributed by atoms with van der Waals surface area (Å²) in [6, 6.07) is 13.1. The van der Waals surface area contributed by atoms with E-state index in [1.54, 1.807) is 17.0 Å². The lowest BCUT2D eigenvalue weighted by molar-refractivity contribution is -0.168. The highest BCUT2D eigenvalue weighted by molar-refractivity contribution is 6.02. The predicted molar refractivity (Wildman–Crippen MR) is 120 cm³/mol. The summed E-state index contributed by atoms with van der Waals surface area (Å²) >= 11 is 0. The minimum absolute atomic E-state index is 0.274. The van der Waals surface area contributed by atoms with Crippen LogP contribution >= 0.6 is 0 Å². The number of esters is 1. The maximum Gasteiger partial charge on any atom is 0.471 e. The number of nitrogens with zero attached hydrogens (tertiary/aromatic N) is 2. The number of hydroxylamine groups is 2.